The lowest BCUT2D eigenvalue weighted by molar-refractivity contribution is 0.213. The van der Waals surface area contributed by atoms with E-state index in [1.807, 2.05) is 0 Å². The minimum atomic E-state index is -0.160. The highest BCUT2D eigenvalue weighted by atomic mass is 19.1. The van der Waals surface area contributed by atoms with Crippen molar-refractivity contribution in [3.8, 4) is 5.75 Å². The molecule has 0 bridgehead atoms. The zero-order valence-electron chi connectivity index (χ0n) is 11.5. The second kappa shape index (κ2) is 5.49. The van der Waals surface area contributed by atoms with Crippen molar-refractivity contribution in [3.05, 3.63) is 29.6 Å². The topological polar surface area (TPSA) is 21.3 Å². The van der Waals surface area contributed by atoms with E-state index >= 15 is 0 Å². The third-order valence-corrected chi connectivity index (χ3v) is 4.37. The summed E-state index contributed by atoms with van der Waals surface area (Å²) in [4.78, 5) is 0. The Morgan fingerprint density at radius 1 is 1.42 bits per heavy atom. The molecule has 1 fully saturated rings. The lowest BCUT2D eigenvalue weighted by atomic mass is 10.0. The Hall–Kier alpha value is -1.09. The van der Waals surface area contributed by atoms with Gasteiger partial charge in [0.2, 0.25) is 0 Å². The van der Waals surface area contributed by atoms with Crippen LogP contribution in [0.5, 0.6) is 5.75 Å². The number of benzene rings is 1. The number of nitrogens with one attached hydrogen (secondary N) is 1. The summed E-state index contributed by atoms with van der Waals surface area (Å²) in [5, 5.41) is 3.42. The van der Waals surface area contributed by atoms with Gasteiger partial charge < -0.3 is 10.1 Å². The molecule has 3 rings (SSSR count). The molecule has 3 heteroatoms. The van der Waals surface area contributed by atoms with E-state index in [9.17, 15) is 4.39 Å². The number of hydrogen-bond donors (Lipinski definition) is 1. The Morgan fingerprint density at radius 3 is 3.00 bits per heavy atom. The van der Waals surface area contributed by atoms with Crippen molar-refractivity contribution in [1.29, 1.82) is 0 Å². The van der Waals surface area contributed by atoms with Crippen LogP contribution < -0.4 is 10.1 Å². The maximum atomic E-state index is 13.1. The van der Waals surface area contributed by atoms with Gasteiger partial charge in [-0.05, 0) is 63.3 Å². The molecule has 1 aliphatic heterocycles. The zero-order valence-corrected chi connectivity index (χ0v) is 11.5. The van der Waals surface area contributed by atoms with Crippen molar-refractivity contribution in [2.45, 2.75) is 50.7 Å². The lowest BCUT2D eigenvalue weighted by Gasteiger charge is -2.16. The number of halogens is 1. The van der Waals surface area contributed by atoms with Gasteiger partial charge >= 0.3 is 0 Å². The number of rotatable bonds is 6. The van der Waals surface area contributed by atoms with Crippen LogP contribution in [-0.4, -0.2) is 19.2 Å². The standard InChI is InChI=1S/C16H22FNO/c1-18-15(11-5-6-11)4-2-3-14-10-12-9-13(17)7-8-16(12)19-14/h7-9,11,14-15,18H,2-6,10H2,1H3. The van der Waals surface area contributed by atoms with Gasteiger partial charge in [-0.25, -0.2) is 4.39 Å². The fraction of sp³-hybridized carbons (Fsp3) is 0.625. The normalized spacial score (nSPS) is 22.9. The summed E-state index contributed by atoms with van der Waals surface area (Å²) in [6.45, 7) is 0. The molecule has 0 aromatic heterocycles. The van der Waals surface area contributed by atoms with E-state index < -0.39 is 0 Å². The molecule has 0 spiro atoms. The Bertz CT molecular complexity index is 444. The summed E-state index contributed by atoms with van der Waals surface area (Å²) in [7, 11) is 2.06. The summed E-state index contributed by atoms with van der Waals surface area (Å²) in [6.07, 6.45) is 7.36. The molecule has 2 aliphatic rings. The third kappa shape index (κ3) is 3.08. The molecule has 1 heterocycles. The smallest absolute Gasteiger partial charge is 0.123 e. The Balaban J connectivity index is 1.45. The van der Waals surface area contributed by atoms with Crippen molar-refractivity contribution in [3.63, 3.8) is 0 Å². The summed E-state index contributed by atoms with van der Waals surface area (Å²) in [5.74, 6) is 1.62. The average molecular weight is 263 g/mol. The molecule has 1 aliphatic carbocycles. The summed E-state index contributed by atoms with van der Waals surface area (Å²) >= 11 is 0. The summed E-state index contributed by atoms with van der Waals surface area (Å²) in [6, 6.07) is 5.52. The predicted octanol–water partition coefficient (Wildman–Crippen LogP) is 3.30. The molecule has 1 N–H and O–H groups in total. The van der Waals surface area contributed by atoms with E-state index in [1.165, 1.54) is 31.7 Å². The van der Waals surface area contributed by atoms with Crippen molar-refractivity contribution in [2.24, 2.45) is 5.92 Å². The van der Waals surface area contributed by atoms with E-state index in [1.54, 1.807) is 12.1 Å². The van der Waals surface area contributed by atoms with E-state index in [-0.39, 0.29) is 11.9 Å². The highest BCUT2D eigenvalue weighted by Crippen LogP contribution is 2.35. The number of hydrogen-bond acceptors (Lipinski definition) is 2. The molecule has 1 saturated carbocycles. The molecule has 1 aromatic rings. The average Bonchev–Trinajstić information content (AvgIpc) is 3.15. The molecule has 0 amide bonds. The first kappa shape index (κ1) is 12.9. The van der Waals surface area contributed by atoms with Crippen LogP contribution in [0.4, 0.5) is 4.39 Å². The molecular weight excluding hydrogens is 241 g/mol. The van der Waals surface area contributed by atoms with Gasteiger partial charge in [-0.2, -0.15) is 0 Å². The number of ether oxygens (including phenoxy) is 1. The van der Waals surface area contributed by atoms with Crippen molar-refractivity contribution in [2.75, 3.05) is 7.05 Å². The van der Waals surface area contributed by atoms with Crippen molar-refractivity contribution < 1.29 is 9.13 Å². The number of fused-ring (bicyclic) bond motifs is 1. The molecule has 2 unspecified atom stereocenters. The molecule has 1 aromatic carbocycles. The van der Waals surface area contributed by atoms with Crippen LogP contribution in [0.3, 0.4) is 0 Å². The van der Waals surface area contributed by atoms with Crippen molar-refractivity contribution >= 4 is 0 Å². The lowest BCUT2D eigenvalue weighted by Crippen LogP contribution is -2.27. The van der Waals surface area contributed by atoms with Gasteiger partial charge in [-0.15, -0.1) is 0 Å². The first-order valence-corrected chi connectivity index (χ1v) is 7.38. The zero-order chi connectivity index (χ0) is 13.2. The van der Waals surface area contributed by atoms with E-state index in [0.29, 0.717) is 6.04 Å². The minimum absolute atomic E-state index is 0.160. The van der Waals surface area contributed by atoms with Crippen LogP contribution in [0.15, 0.2) is 18.2 Å². The quantitative estimate of drug-likeness (QED) is 0.850. The predicted molar refractivity (Wildman–Crippen MR) is 73.9 cm³/mol. The fourth-order valence-electron chi connectivity index (χ4n) is 3.13. The molecule has 2 nitrogen and oxygen atoms in total. The first-order valence-electron chi connectivity index (χ1n) is 7.38. The Kier molecular flexibility index (Phi) is 3.74. The fourth-order valence-corrected chi connectivity index (χ4v) is 3.13. The molecule has 0 saturated heterocycles. The maximum absolute atomic E-state index is 13.1. The maximum Gasteiger partial charge on any atom is 0.123 e. The molecule has 2 atom stereocenters. The van der Waals surface area contributed by atoms with Crippen LogP contribution in [0.2, 0.25) is 0 Å². The highest BCUT2D eigenvalue weighted by molar-refractivity contribution is 5.37. The van der Waals surface area contributed by atoms with E-state index in [0.717, 1.165) is 30.1 Å². The third-order valence-electron chi connectivity index (χ3n) is 4.37. The van der Waals surface area contributed by atoms with Crippen LogP contribution in [0.1, 0.15) is 37.7 Å². The van der Waals surface area contributed by atoms with Crippen LogP contribution in [0.25, 0.3) is 0 Å². The molecule has 19 heavy (non-hydrogen) atoms. The van der Waals surface area contributed by atoms with Gasteiger partial charge in [0.05, 0.1) is 0 Å². The Morgan fingerprint density at radius 2 is 2.26 bits per heavy atom. The summed E-state index contributed by atoms with van der Waals surface area (Å²) < 4.78 is 19.0. The van der Waals surface area contributed by atoms with E-state index in [2.05, 4.69) is 12.4 Å². The SMILES string of the molecule is CNC(CCCC1Cc2cc(F)ccc2O1)C1CC1. The van der Waals surface area contributed by atoms with Gasteiger partial charge in [0, 0.05) is 18.0 Å². The monoisotopic (exact) mass is 263 g/mol. The van der Waals surface area contributed by atoms with Crippen LogP contribution >= 0.6 is 0 Å². The molecule has 104 valence electrons. The summed E-state index contributed by atoms with van der Waals surface area (Å²) in [5.41, 5.74) is 1.03. The minimum Gasteiger partial charge on any atom is -0.490 e. The van der Waals surface area contributed by atoms with Crippen LogP contribution in [0, 0.1) is 11.7 Å². The first-order chi connectivity index (χ1) is 9.26. The van der Waals surface area contributed by atoms with Gasteiger partial charge in [0.15, 0.2) is 0 Å². The largest absolute Gasteiger partial charge is 0.490 e. The second-order valence-electron chi connectivity index (χ2n) is 5.86. The Labute approximate surface area is 114 Å². The highest BCUT2D eigenvalue weighted by Gasteiger charge is 2.30. The van der Waals surface area contributed by atoms with Gasteiger partial charge in [-0.1, -0.05) is 0 Å². The van der Waals surface area contributed by atoms with Crippen molar-refractivity contribution in [1.82, 2.24) is 5.32 Å². The van der Waals surface area contributed by atoms with Gasteiger partial charge in [0.1, 0.15) is 17.7 Å². The van der Waals surface area contributed by atoms with Gasteiger partial charge in [0.25, 0.3) is 0 Å². The second-order valence-corrected chi connectivity index (χ2v) is 5.86. The van der Waals surface area contributed by atoms with E-state index in [4.69, 9.17) is 4.74 Å². The molecule has 0 radical (unpaired) electrons. The van der Waals surface area contributed by atoms with Crippen LogP contribution in [-0.2, 0) is 6.42 Å². The van der Waals surface area contributed by atoms with Gasteiger partial charge in [-0.3, -0.25) is 0 Å². The molecular formula is C16H22FNO.